The SMILES string of the molecule is O=[SH](=O)c1[c]cccc1. The molecule has 0 fully saturated rings. The molecule has 0 spiro atoms. The van der Waals surface area contributed by atoms with E-state index >= 15 is 0 Å². The van der Waals surface area contributed by atoms with Crippen molar-refractivity contribution >= 4 is 10.7 Å². The van der Waals surface area contributed by atoms with Crippen molar-refractivity contribution in [2.75, 3.05) is 0 Å². The van der Waals surface area contributed by atoms with Crippen molar-refractivity contribution in [3.05, 3.63) is 30.3 Å². The molecule has 0 amide bonds. The summed E-state index contributed by atoms with van der Waals surface area (Å²) in [6.07, 6.45) is 0. The second kappa shape index (κ2) is 2.64. The van der Waals surface area contributed by atoms with E-state index in [0.29, 0.717) is 0 Å². The van der Waals surface area contributed by atoms with Gasteiger partial charge in [0.05, 0.1) is 4.90 Å². The van der Waals surface area contributed by atoms with Gasteiger partial charge < -0.3 is 0 Å². The molecule has 0 aliphatic rings. The first-order valence-electron chi connectivity index (χ1n) is 2.42. The van der Waals surface area contributed by atoms with Crippen LogP contribution in [0.4, 0.5) is 0 Å². The Morgan fingerprint density at radius 3 is 2.44 bits per heavy atom. The summed E-state index contributed by atoms with van der Waals surface area (Å²) in [5, 5.41) is 0. The topological polar surface area (TPSA) is 34.1 Å². The molecule has 0 saturated carbocycles. The highest BCUT2D eigenvalue weighted by Gasteiger charge is 1.88. The van der Waals surface area contributed by atoms with Crippen LogP contribution in [0.25, 0.3) is 0 Å². The van der Waals surface area contributed by atoms with Crippen LogP contribution >= 0.6 is 0 Å². The van der Waals surface area contributed by atoms with Gasteiger partial charge >= 0.3 is 0 Å². The number of rotatable bonds is 1. The van der Waals surface area contributed by atoms with Crippen LogP contribution in [-0.4, -0.2) is 8.42 Å². The van der Waals surface area contributed by atoms with Gasteiger partial charge in [0.1, 0.15) is 0 Å². The van der Waals surface area contributed by atoms with Crippen LogP contribution in [0, 0.1) is 6.07 Å². The van der Waals surface area contributed by atoms with E-state index in [2.05, 4.69) is 6.07 Å². The Bertz CT molecular complexity index is 243. The Labute approximate surface area is 55.1 Å². The summed E-state index contributed by atoms with van der Waals surface area (Å²) in [6.45, 7) is 0. The zero-order chi connectivity index (χ0) is 6.69. The molecule has 2 nitrogen and oxygen atoms in total. The van der Waals surface area contributed by atoms with E-state index in [-0.39, 0.29) is 4.90 Å². The molecule has 1 rings (SSSR count). The maximum atomic E-state index is 10.2. The Morgan fingerprint density at radius 1 is 1.33 bits per heavy atom. The van der Waals surface area contributed by atoms with Crippen LogP contribution in [0.5, 0.6) is 0 Å². The largest absolute Gasteiger partial charge is 0.227 e. The van der Waals surface area contributed by atoms with Crippen LogP contribution in [0.2, 0.25) is 0 Å². The predicted octanol–water partition coefficient (Wildman–Crippen LogP) is 0.457. The van der Waals surface area contributed by atoms with E-state index < -0.39 is 10.7 Å². The zero-order valence-corrected chi connectivity index (χ0v) is 5.47. The third-order valence-electron chi connectivity index (χ3n) is 0.889. The number of hydrogen-bond acceptors (Lipinski definition) is 2. The lowest BCUT2D eigenvalue weighted by atomic mass is 10.4. The summed E-state index contributed by atoms with van der Waals surface area (Å²) in [5.41, 5.74) is 0. The third-order valence-corrected chi connectivity index (χ3v) is 1.56. The molecule has 0 atom stereocenters. The highest BCUT2D eigenvalue weighted by atomic mass is 32.2. The van der Waals surface area contributed by atoms with Gasteiger partial charge in [-0.25, -0.2) is 8.42 Å². The van der Waals surface area contributed by atoms with Gasteiger partial charge in [-0.1, -0.05) is 18.2 Å². The fourth-order valence-corrected chi connectivity index (χ4v) is 0.885. The first-order valence-corrected chi connectivity index (χ1v) is 3.59. The van der Waals surface area contributed by atoms with E-state index in [1.807, 2.05) is 0 Å². The van der Waals surface area contributed by atoms with Crippen molar-refractivity contribution in [2.45, 2.75) is 4.90 Å². The normalized spacial score (nSPS) is 9.89. The summed E-state index contributed by atoms with van der Waals surface area (Å²) in [6, 6.07) is 9.04. The van der Waals surface area contributed by atoms with E-state index in [1.165, 1.54) is 6.07 Å². The van der Waals surface area contributed by atoms with E-state index in [1.54, 1.807) is 18.2 Å². The van der Waals surface area contributed by atoms with Crippen molar-refractivity contribution in [2.24, 2.45) is 0 Å². The van der Waals surface area contributed by atoms with Crippen LogP contribution in [-0.2, 0) is 10.7 Å². The van der Waals surface area contributed by atoms with E-state index in [9.17, 15) is 8.42 Å². The lowest BCUT2D eigenvalue weighted by Crippen LogP contribution is -1.76. The highest BCUT2D eigenvalue weighted by Crippen LogP contribution is 1.96. The summed E-state index contributed by atoms with van der Waals surface area (Å²) < 4.78 is 20.4. The van der Waals surface area contributed by atoms with Gasteiger partial charge in [-0.15, -0.1) is 0 Å². The lowest BCUT2D eigenvalue weighted by molar-refractivity contribution is 0.614. The molecule has 0 aromatic heterocycles. The summed E-state index contributed by atoms with van der Waals surface area (Å²) >= 11 is 0. The second-order valence-electron chi connectivity index (χ2n) is 1.50. The molecule has 0 unspecified atom stereocenters. The van der Waals surface area contributed by atoms with Gasteiger partial charge in [-0.05, 0) is 6.07 Å². The molecule has 1 aromatic rings. The Balaban J connectivity index is 3.13. The van der Waals surface area contributed by atoms with Crippen molar-refractivity contribution in [3.63, 3.8) is 0 Å². The van der Waals surface area contributed by atoms with Crippen molar-refractivity contribution in [1.29, 1.82) is 0 Å². The third kappa shape index (κ3) is 1.54. The summed E-state index contributed by atoms with van der Waals surface area (Å²) in [7, 11) is -2.45. The number of benzene rings is 1. The van der Waals surface area contributed by atoms with Gasteiger partial charge in [0.15, 0.2) is 10.7 Å². The maximum absolute atomic E-state index is 10.2. The quantitative estimate of drug-likeness (QED) is 0.576. The first kappa shape index (κ1) is 6.29. The molecule has 0 bridgehead atoms. The van der Waals surface area contributed by atoms with Crippen LogP contribution in [0.3, 0.4) is 0 Å². The van der Waals surface area contributed by atoms with Crippen molar-refractivity contribution < 1.29 is 8.42 Å². The molecule has 0 heterocycles. The van der Waals surface area contributed by atoms with Gasteiger partial charge in [-0.3, -0.25) is 0 Å². The Hall–Kier alpha value is -0.830. The molecule has 9 heavy (non-hydrogen) atoms. The van der Waals surface area contributed by atoms with Crippen LogP contribution in [0.15, 0.2) is 29.2 Å². The van der Waals surface area contributed by atoms with Crippen LogP contribution in [0.1, 0.15) is 0 Å². The minimum Gasteiger partial charge on any atom is -0.227 e. The fraction of sp³-hybridized carbons (Fsp3) is 0. The molecular weight excluding hydrogens is 136 g/mol. The molecule has 0 aliphatic carbocycles. The highest BCUT2D eigenvalue weighted by molar-refractivity contribution is 7.72. The summed E-state index contributed by atoms with van der Waals surface area (Å²) in [5.74, 6) is 0. The van der Waals surface area contributed by atoms with E-state index in [0.717, 1.165) is 0 Å². The minimum absolute atomic E-state index is 0.243. The molecule has 1 aromatic carbocycles. The number of thiol groups is 1. The smallest absolute Gasteiger partial charge is 0.168 e. The van der Waals surface area contributed by atoms with Crippen LogP contribution < -0.4 is 0 Å². The second-order valence-corrected chi connectivity index (χ2v) is 2.50. The van der Waals surface area contributed by atoms with E-state index in [4.69, 9.17) is 0 Å². The first-order chi connectivity index (χ1) is 4.30. The van der Waals surface area contributed by atoms with Gasteiger partial charge in [-0.2, -0.15) is 0 Å². The van der Waals surface area contributed by atoms with Gasteiger partial charge in [0.25, 0.3) is 0 Å². The molecule has 47 valence electrons. The standard InChI is InChI=1S/C6H5O2S/c7-9(8)6-4-2-1-3-5-6/h1-4,9H. The average Bonchev–Trinajstić information content (AvgIpc) is 1.90. The lowest BCUT2D eigenvalue weighted by Gasteiger charge is -1.82. The van der Waals surface area contributed by atoms with Crippen molar-refractivity contribution in [1.82, 2.24) is 0 Å². The Kier molecular flexibility index (Phi) is 1.85. The average molecular weight is 141 g/mol. The fourth-order valence-electron chi connectivity index (χ4n) is 0.497. The zero-order valence-electron chi connectivity index (χ0n) is 4.57. The van der Waals surface area contributed by atoms with Crippen molar-refractivity contribution in [3.8, 4) is 0 Å². The summed E-state index contributed by atoms with van der Waals surface area (Å²) in [4.78, 5) is 0.243. The van der Waals surface area contributed by atoms with Gasteiger partial charge in [0, 0.05) is 6.07 Å². The molecular formula is C6H5O2S. The Morgan fingerprint density at radius 2 is 2.11 bits per heavy atom. The molecule has 0 saturated heterocycles. The number of hydrogen-bond donors (Lipinski definition) is 1. The minimum atomic E-state index is -2.45. The molecule has 0 aliphatic heterocycles. The molecule has 3 heteroatoms. The van der Waals surface area contributed by atoms with Gasteiger partial charge in [0.2, 0.25) is 0 Å². The predicted molar refractivity (Wildman–Crippen MR) is 33.9 cm³/mol. The monoisotopic (exact) mass is 141 g/mol. The molecule has 0 N–H and O–H groups in total. The maximum Gasteiger partial charge on any atom is 0.168 e. The molecule has 1 radical (unpaired) electrons.